The molecule has 0 spiro atoms. The van der Waals surface area contributed by atoms with E-state index in [0.29, 0.717) is 0 Å². The summed E-state index contributed by atoms with van der Waals surface area (Å²) in [5, 5.41) is 30.3. The van der Waals surface area contributed by atoms with Crippen molar-refractivity contribution in [2.75, 3.05) is 6.54 Å². The van der Waals surface area contributed by atoms with Gasteiger partial charge in [0.25, 0.3) is 0 Å². The number of nitrogens with zero attached hydrogens (tertiary/aromatic N) is 1. The van der Waals surface area contributed by atoms with Crippen LogP contribution in [0.1, 0.15) is 0 Å². The summed E-state index contributed by atoms with van der Waals surface area (Å²) in [7, 11) is 0. The van der Waals surface area contributed by atoms with Crippen LogP contribution in [0, 0.1) is 5.92 Å². The number of guanidine groups is 1. The van der Waals surface area contributed by atoms with Gasteiger partial charge < -0.3 is 26.8 Å². The molecule has 0 aromatic rings. The van der Waals surface area contributed by atoms with Crippen LogP contribution in [0.5, 0.6) is 0 Å². The maximum atomic E-state index is 10.6. The fourth-order valence-electron chi connectivity index (χ4n) is 1.43. The molecule has 8 heteroatoms. The highest BCUT2D eigenvalue weighted by molar-refractivity contribution is 5.76. The number of aliphatic hydroxyl groups excluding tert-OH is 2. The van der Waals surface area contributed by atoms with Crippen LogP contribution in [0.4, 0.5) is 0 Å². The van der Waals surface area contributed by atoms with Crippen molar-refractivity contribution in [3.05, 3.63) is 0 Å². The van der Waals surface area contributed by atoms with Gasteiger partial charge in [-0.15, -0.1) is 0 Å². The first kappa shape index (κ1) is 11.7. The Morgan fingerprint density at radius 1 is 1.33 bits per heavy atom. The monoisotopic (exact) mass is 218 g/mol. The Bertz CT molecular complexity index is 278. The molecule has 8 N–H and O–H groups in total. The molecule has 8 nitrogen and oxygen atoms in total. The van der Waals surface area contributed by atoms with Crippen molar-refractivity contribution < 1.29 is 20.1 Å². The Balaban J connectivity index is 2.73. The number of carboxylic acids is 1. The maximum absolute atomic E-state index is 10.6. The van der Waals surface area contributed by atoms with Crippen LogP contribution in [0.25, 0.3) is 0 Å². The summed E-state index contributed by atoms with van der Waals surface area (Å²) in [6.07, 6.45) is -3.61. The van der Waals surface area contributed by atoms with Crippen molar-refractivity contribution in [3.63, 3.8) is 0 Å². The van der Waals surface area contributed by atoms with E-state index in [4.69, 9.17) is 16.6 Å². The quantitative estimate of drug-likeness (QED) is 0.208. The first-order valence-electron chi connectivity index (χ1n) is 4.34. The predicted octanol–water partition coefficient (Wildman–Crippen LogP) is -3.39. The third-order valence-corrected chi connectivity index (χ3v) is 2.24. The summed E-state index contributed by atoms with van der Waals surface area (Å²) in [5.41, 5.74) is 10.2. The van der Waals surface area contributed by atoms with E-state index in [0.717, 1.165) is 0 Å². The Morgan fingerprint density at radius 2 is 1.93 bits per heavy atom. The summed E-state index contributed by atoms with van der Waals surface area (Å²) < 4.78 is 0. The lowest BCUT2D eigenvalue weighted by Crippen LogP contribution is -2.59. The third-order valence-electron chi connectivity index (χ3n) is 2.24. The Labute approximate surface area is 85.6 Å². The molecule has 1 saturated heterocycles. The van der Waals surface area contributed by atoms with E-state index in [9.17, 15) is 15.0 Å². The lowest BCUT2D eigenvalue weighted by Gasteiger charge is -2.34. The van der Waals surface area contributed by atoms with Gasteiger partial charge in [-0.25, -0.2) is 4.99 Å². The molecule has 0 aliphatic carbocycles. The van der Waals surface area contributed by atoms with Crippen molar-refractivity contribution in [2.45, 2.75) is 18.4 Å². The van der Waals surface area contributed by atoms with Gasteiger partial charge in [0.15, 0.2) is 5.96 Å². The van der Waals surface area contributed by atoms with Crippen LogP contribution in [0.15, 0.2) is 4.99 Å². The minimum absolute atomic E-state index is 0.00495. The van der Waals surface area contributed by atoms with Crippen LogP contribution in [0.2, 0.25) is 0 Å². The number of aliphatic carboxylic acids is 1. The number of hydrogen-bond acceptors (Lipinski definition) is 5. The van der Waals surface area contributed by atoms with Crippen LogP contribution in [-0.2, 0) is 4.79 Å². The standard InChI is InChI=1S/C7H14N4O4/c8-7(9)11-5-4(13)3(12)2(1-10-5)6(14)15/h2-5,10,12-13H,1H2,(H,14,15)(H4,8,9,11)/t2?,3?,4-,5+/m0/s1. The van der Waals surface area contributed by atoms with Gasteiger partial charge in [0.05, 0.1) is 12.0 Å². The van der Waals surface area contributed by atoms with Crippen molar-refractivity contribution >= 4 is 11.9 Å². The Morgan fingerprint density at radius 3 is 2.40 bits per heavy atom. The lowest BCUT2D eigenvalue weighted by molar-refractivity contribution is -0.152. The van der Waals surface area contributed by atoms with Gasteiger partial charge in [-0.1, -0.05) is 0 Å². The second kappa shape index (κ2) is 4.43. The molecule has 1 aliphatic heterocycles. The van der Waals surface area contributed by atoms with Gasteiger partial charge in [-0.05, 0) is 0 Å². The number of nitrogens with two attached hydrogens (primary N) is 2. The number of carboxylic acid groups (broad SMARTS) is 1. The molecule has 1 heterocycles. The van der Waals surface area contributed by atoms with Gasteiger partial charge in [-0.3, -0.25) is 10.1 Å². The van der Waals surface area contributed by atoms with Crippen molar-refractivity contribution in [1.82, 2.24) is 5.32 Å². The van der Waals surface area contributed by atoms with Gasteiger partial charge in [0.1, 0.15) is 12.3 Å². The van der Waals surface area contributed by atoms with E-state index < -0.39 is 30.3 Å². The topological polar surface area (TPSA) is 154 Å². The van der Waals surface area contributed by atoms with Gasteiger partial charge in [-0.2, -0.15) is 0 Å². The number of nitrogens with one attached hydrogen (secondary N) is 1. The molecule has 86 valence electrons. The summed E-state index contributed by atoms with van der Waals surface area (Å²) in [6.45, 7) is -0.00495. The smallest absolute Gasteiger partial charge is 0.310 e. The minimum Gasteiger partial charge on any atom is -0.481 e. The molecule has 0 saturated carbocycles. The molecule has 0 amide bonds. The third kappa shape index (κ3) is 2.55. The highest BCUT2D eigenvalue weighted by atomic mass is 16.4. The zero-order valence-electron chi connectivity index (χ0n) is 7.87. The summed E-state index contributed by atoms with van der Waals surface area (Å²) in [4.78, 5) is 14.3. The first-order chi connectivity index (χ1) is 6.93. The maximum Gasteiger partial charge on any atom is 0.310 e. The highest BCUT2D eigenvalue weighted by Gasteiger charge is 2.40. The number of carbonyl (C=O) groups is 1. The predicted molar refractivity (Wildman–Crippen MR) is 50.7 cm³/mol. The van der Waals surface area contributed by atoms with Crippen LogP contribution >= 0.6 is 0 Å². The lowest BCUT2D eigenvalue weighted by atomic mass is 9.92. The molecule has 15 heavy (non-hydrogen) atoms. The van der Waals surface area contributed by atoms with E-state index in [1.54, 1.807) is 0 Å². The van der Waals surface area contributed by atoms with E-state index in [1.165, 1.54) is 0 Å². The van der Waals surface area contributed by atoms with Gasteiger partial charge in [0.2, 0.25) is 0 Å². The molecule has 0 bridgehead atoms. The van der Waals surface area contributed by atoms with Crippen LogP contribution < -0.4 is 16.8 Å². The number of aliphatic hydroxyl groups is 2. The molecular weight excluding hydrogens is 204 g/mol. The molecule has 1 aliphatic rings. The molecule has 0 radical (unpaired) electrons. The Hall–Kier alpha value is -1.38. The second-order valence-corrected chi connectivity index (χ2v) is 3.33. The molecule has 1 rings (SSSR count). The molecule has 2 unspecified atom stereocenters. The average molecular weight is 218 g/mol. The first-order valence-corrected chi connectivity index (χ1v) is 4.34. The van der Waals surface area contributed by atoms with E-state index in [2.05, 4.69) is 10.3 Å². The fraction of sp³-hybridized carbons (Fsp3) is 0.714. The summed E-state index contributed by atoms with van der Waals surface area (Å²) in [6, 6.07) is 0. The van der Waals surface area contributed by atoms with Crippen molar-refractivity contribution in [3.8, 4) is 0 Å². The summed E-state index contributed by atoms with van der Waals surface area (Å²) in [5.74, 6) is -2.49. The number of piperidine rings is 1. The largest absolute Gasteiger partial charge is 0.481 e. The fourth-order valence-corrected chi connectivity index (χ4v) is 1.43. The van der Waals surface area contributed by atoms with Gasteiger partial charge in [0, 0.05) is 6.54 Å². The SMILES string of the molecule is NC(N)=N[C@H]1NCC(C(=O)O)C(O)[C@@H]1O. The van der Waals surface area contributed by atoms with Gasteiger partial charge >= 0.3 is 5.97 Å². The molecule has 4 atom stereocenters. The van der Waals surface area contributed by atoms with Crippen LogP contribution in [-0.4, -0.2) is 52.2 Å². The highest BCUT2D eigenvalue weighted by Crippen LogP contribution is 2.17. The normalized spacial score (nSPS) is 35.9. The molecule has 1 fully saturated rings. The molecule has 0 aromatic carbocycles. The van der Waals surface area contributed by atoms with E-state index in [-0.39, 0.29) is 12.5 Å². The van der Waals surface area contributed by atoms with Crippen molar-refractivity contribution in [2.24, 2.45) is 22.4 Å². The molecular formula is C7H14N4O4. The Kier molecular flexibility index (Phi) is 3.45. The number of aliphatic imine (C=N–C) groups is 1. The zero-order valence-corrected chi connectivity index (χ0v) is 7.87. The summed E-state index contributed by atoms with van der Waals surface area (Å²) >= 11 is 0. The van der Waals surface area contributed by atoms with E-state index >= 15 is 0 Å². The van der Waals surface area contributed by atoms with E-state index in [1.807, 2.05) is 0 Å². The average Bonchev–Trinajstić information content (AvgIpc) is 2.12. The number of rotatable bonds is 2. The zero-order chi connectivity index (χ0) is 11.6. The molecule has 0 aromatic heterocycles. The second-order valence-electron chi connectivity index (χ2n) is 3.33. The van der Waals surface area contributed by atoms with Crippen LogP contribution in [0.3, 0.4) is 0 Å². The van der Waals surface area contributed by atoms with Crippen molar-refractivity contribution in [1.29, 1.82) is 0 Å². The minimum atomic E-state index is -1.39. The number of hydrogen-bond donors (Lipinski definition) is 6.